The number of nitrogens with two attached hydrogens (primary N) is 2. The fourth-order valence-corrected chi connectivity index (χ4v) is 6.68. The predicted molar refractivity (Wildman–Crippen MR) is 137 cm³/mol. The third-order valence-corrected chi connectivity index (χ3v) is 9.39. The van der Waals surface area contributed by atoms with Gasteiger partial charge in [-0.15, -0.1) is 0 Å². The summed E-state index contributed by atoms with van der Waals surface area (Å²) in [4.78, 5) is 49.0. The van der Waals surface area contributed by atoms with E-state index in [0.717, 1.165) is 6.33 Å². The van der Waals surface area contributed by atoms with Crippen LogP contribution in [-0.2, 0) is 36.8 Å². The van der Waals surface area contributed by atoms with Crippen LogP contribution in [0.25, 0.3) is 11.2 Å². The number of primary amides is 1. The summed E-state index contributed by atoms with van der Waals surface area (Å²) in [6.07, 6.45) is -5.32. The van der Waals surface area contributed by atoms with Gasteiger partial charge in [0, 0.05) is 18.0 Å². The summed E-state index contributed by atoms with van der Waals surface area (Å²) in [7, 11) is -11.4. The minimum absolute atomic E-state index is 0. The van der Waals surface area contributed by atoms with Gasteiger partial charge in [0.2, 0.25) is 5.91 Å². The second-order valence-electron chi connectivity index (χ2n) is 9.80. The molecule has 5 heterocycles. The van der Waals surface area contributed by atoms with Crippen molar-refractivity contribution < 1.29 is 126 Å². The number of aliphatic hydroxyl groups excluding tert-OH is 4. The first kappa shape index (κ1) is 39.6. The molecule has 2 unspecified atom stereocenters. The van der Waals surface area contributed by atoms with Crippen LogP contribution in [0.1, 0.15) is 12.6 Å². The van der Waals surface area contributed by atoms with Gasteiger partial charge in [0.05, 0.1) is 19.5 Å². The van der Waals surface area contributed by atoms with Gasteiger partial charge in [-0.2, -0.15) is 0 Å². The summed E-state index contributed by atoms with van der Waals surface area (Å²) in [5, 5.41) is 41.5. The number of aromatic nitrogens is 4. The van der Waals surface area contributed by atoms with E-state index in [0.29, 0.717) is 0 Å². The molecule has 25 heteroatoms. The van der Waals surface area contributed by atoms with Crippen molar-refractivity contribution in [3.63, 3.8) is 0 Å². The first-order valence-electron chi connectivity index (χ1n) is 12.7. The summed E-state index contributed by atoms with van der Waals surface area (Å²) in [6, 6.07) is 0. The fourth-order valence-electron chi connectivity index (χ4n) is 4.66. The normalized spacial score (nSPS) is 31.9. The molecule has 2 fully saturated rings. The average molecular weight is 709 g/mol. The number of phosphoric ester groups is 2. The van der Waals surface area contributed by atoms with Crippen LogP contribution in [0.15, 0.2) is 36.7 Å². The first-order chi connectivity index (χ1) is 20.7. The van der Waals surface area contributed by atoms with E-state index in [1.54, 1.807) is 6.08 Å². The second kappa shape index (κ2) is 15.8. The second-order valence-corrected chi connectivity index (χ2v) is 12.8. The molecule has 2 saturated heterocycles. The molecular formula is C21H27N7Na2O14P2. The van der Waals surface area contributed by atoms with E-state index >= 15 is 0 Å². The molecule has 21 nitrogen and oxygen atoms in total. The number of amides is 1. The summed E-state index contributed by atoms with van der Waals surface area (Å²) in [6.45, 7) is -1.97. The molecule has 3 aliphatic heterocycles. The molecule has 0 bridgehead atoms. The van der Waals surface area contributed by atoms with Crippen molar-refractivity contribution >= 4 is 38.5 Å². The Hall–Kier alpha value is -0.880. The van der Waals surface area contributed by atoms with Gasteiger partial charge in [0.25, 0.3) is 15.6 Å². The van der Waals surface area contributed by atoms with Crippen LogP contribution in [-0.4, -0.2) is 107 Å². The molecule has 0 spiro atoms. The molecule has 242 valence electrons. The summed E-state index contributed by atoms with van der Waals surface area (Å²) >= 11 is 0. The van der Waals surface area contributed by atoms with E-state index in [1.807, 2.05) is 0 Å². The van der Waals surface area contributed by atoms with Crippen LogP contribution < -0.4 is 80.4 Å². The smallest absolute Gasteiger partial charge is 0.756 e. The number of imidazole rings is 1. The molecule has 3 aliphatic rings. The van der Waals surface area contributed by atoms with Gasteiger partial charge in [-0.25, -0.2) is 19.3 Å². The first-order valence-corrected chi connectivity index (χ1v) is 15.6. The minimum atomic E-state index is -5.68. The van der Waals surface area contributed by atoms with E-state index in [-0.39, 0.29) is 88.1 Å². The molecular weight excluding hydrogens is 682 g/mol. The Morgan fingerprint density at radius 3 is 2.11 bits per heavy atom. The van der Waals surface area contributed by atoms with E-state index in [2.05, 4.69) is 28.3 Å². The molecule has 5 rings (SSSR count). The van der Waals surface area contributed by atoms with Crippen molar-refractivity contribution in [1.82, 2.24) is 24.4 Å². The standard InChI is InChI=1S/C21H29N7O14P2.2Na/c22-17-12-19(25-7-24-17)28(8-26-12)21-16(32)14(30)11(41-21)6-39-44(36,37)42-43(34,35)38-5-10-13(29)15(31)20(40-10)27-3-1-2-9(4-27)18(23)33;;/h1,3-4,7-8,10-11,13-16,20-21,29-32H,2,5-6H2,(H2,23,33)(H,34,35)(H,36,37)(H2,22,24,25);;/q;2*+1/p-2/t10-,11+,13-,14+,15-,16+,20+,21+;;/m1../s1. The summed E-state index contributed by atoms with van der Waals surface area (Å²) in [5.74, 6) is -0.686. The fraction of sp³-hybridized carbons (Fsp3) is 0.524. The largest absolute Gasteiger partial charge is 1.00 e. The molecule has 0 aliphatic carbocycles. The quantitative estimate of drug-likeness (QED) is 0.0931. The van der Waals surface area contributed by atoms with Crippen LogP contribution in [0.4, 0.5) is 5.82 Å². The zero-order valence-corrected chi connectivity index (χ0v) is 30.1. The number of aliphatic hydroxyl groups is 4. The van der Waals surface area contributed by atoms with E-state index in [4.69, 9.17) is 20.9 Å². The number of nitrogens with zero attached hydrogens (tertiary/aromatic N) is 5. The Morgan fingerprint density at radius 1 is 0.957 bits per heavy atom. The SMILES string of the molecule is NC(=O)C1=CN([C@H]2O[C@H](COP(=O)([O-])OP(=O)([O-])OC[C@@H]3O[C@H](n4cnc5c(N)ncnc54)[C@@H](O)[C@H]3O)[C@@H](O)[C@H]2O)C=CC1.[Na+].[Na+]. The number of allylic oxidation sites excluding steroid dienone is 1. The van der Waals surface area contributed by atoms with E-state index in [1.165, 1.54) is 28.2 Å². The number of rotatable bonds is 11. The van der Waals surface area contributed by atoms with Crippen LogP contribution in [0.3, 0.4) is 0 Å². The molecule has 10 atom stereocenters. The van der Waals surface area contributed by atoms with Crippen molar-refractivity contribution in [3.8, 4) is 0 Å². The van der Waals surface area contributed by atoms with Gasteiger partial charge < -0.3 is 65.1 Å². The topological polar surface area (TPSA) is 323 Å². The third kappa shape index (κ3) is 8.64. The maximum absolute atomic E-state index is 12.3. The van der Waals surface area contributed by atoms with Crippen LogP contribution in [0.2, 0.25) is 0 Å². The number of fused-ring (bicyclic) bond motifs is 1. The van der Waals surface area contributed by atoms with E-state index in [9.17, 15) is 44.1 Å². The molecule has 2 aromatic heterocycles. The van der Waals surface area contributed by atoms with Gasteiger partial charge >= 0.3 is 59.1 Å². The molecule has 1 amide bonds. The Balaban J connectivity index is 0.00000288. The number of phosphoric acid groups is 2. The van der Waals surface area contributed by atoms with Crippen LogP contribution in [0.5, 0.6) is 0 Å². The number of anilines is 1. The summed E-state index contributed by atoms with van der Waals surface area (Å²) < 4.78 is 49.9. The summed E-state index contributed by atoms with van der Waals surface area (Å²) in [5.41, 5.74) is 11.5. The van der Waals surface area contributed by atoms with E-state index < -0.39 is 83.8 Å². The number of carbonyl (C=O) groups is 1. The molecule has 0 aromatic carbocycles. The van der Waals surface area contributed by atoms with Crippen LogP contribution >= 0.6 is 15.6 Å². The maximum atomic E-state index is 12.3. The third-order valence-electron chi connectivity index (χ3n) is 6.86. The number of ether oxygens (including phenoxy) is 2. The molecule has 0 saturated carbocycles. The van der Waals surface area contributed by atoms with Crippen molar-refractivity contribution in [2.75, 3.05) is 18.9 Å². The number of carbonyl (C=O) groups excluding carboxylic acids is 1. The van der Waals surface area contributed by atoms with Crippen molar-refractivity contribution in [2.24, 2.45) is 5.73 Å². The average Bonchev–Trinajstić information content (AvgIpc) is 3.61. The zero-order valence-electron chi connectivity index (χ0n) is 24.3. The van der Waals surface area contributed by atoms with Gasteiger partial charge in [0.1, 0.15) is 48.5 Å². The number of nitrogen functional groups attached to an aromatic ring is 1. The van der Waals surface area contributed by atoms with Gasteiger partial charge in [-0.05, 0) is 6.42 Å². The van der Waals surface area contributed by atoms with Gasteiger partial charge in [-0.1, -0.05) is 6.08 Å². The minimum Gasteiger partial charge on any atom is -0.756 e. The monoisotopic (exact) mass is 709 g/mol. The Morgan fingerprint density at radius 2 is 1.52 bits per heavy atom. The predicted octanol–water partition coefficient (Wildman–Crippen LogP) is -9.94. The number of hydrogen-bond acceptors (Lipinski definition) is 19. The van der Waals surface area contributed by atoms with Gasteiger partial charge in [0.15, 0.2) is 23.9 Å². The molecule has 46 heavy (non-hydrogen) atoms. The Labute approximate surface area is 303 Å². The zero-order chi connectivity index (χ0) is 32.0. The Bertz CT molecular complexity index is 1570. The number of hydrogen-bond donors (Lipinski definition) is 6. The van der Waals surface area contributed by atoms with Crippen molar-refractivity contribution in [2.45, 2.75) is 55.5 Å². The maximum Gasteiger partial charge on any atom is 1.00 e. The molecule has 2 aromatic rings. The molecule has 0 radical (unpaired) electrons. The van der Waals surface area contributed by atoms with Crippen LogP contribution in [0, 0.1) is 0 Å². The van der Waals surface area contributed by atoms with Gasteiger partial charge in [-0.3, -0.25) is 18.5 Å². The van der Waals surface area contributed by atoms with Crippen molar-refractivity contribution in [1.29, 1.82) is 0 Å². The molecule has 8 N–H and O–H groups in total. The van der Waals surface area contributed by atoms with Crippen molar-refractivity contribution in [3.05, 3.63) is 36.7 Å². The Kier molecular flexibility index (Phi) is 13.6.